The monoisotopic (exact) mass is 393 g/mol. The number of rotatable bonds is 1. The maximum Gasteiger partial charge on any atom is 0.0473 e. The van der Waals surface area contributed by atoms with Gasteiger partial charge in [0.2, 0.25) is 0 Å². The molecule has 0 saturated carbocycles. The van der Waals surface area contributed by atoms with E-state index in [0.29, 0.717) is 0 Å². The summed E-state index contributed by atoms with van der Waals surface area (Å²) in [7, 11) is 0. The van der Waals surface area contributed by atoms with Crippen LogP contribution in [0.4, 0.5) is 5.69 Å². The number of hydrogen-bond acceptors (Lipinski definition) is 1. The van der Waals surface area contributed by atoms with Crippen molar-refractivity contribution < 1.29 is 0 Å². The Bertz CT molecular complexity index is 1720. The Morgan fingerprint density at radius 1 is 0.387 bits per heavy atom. The molecule has 0 aromatic heterocycles. The van der Waals surface area contributed by atoms with Crippen LogP contribution in [0.1, 0.15) is 0 Å². The average molecular weight is 393 g/mol. The third-order valence-corrected chi connectivity index (χ3v) is 6.77. The molecule has 0 unspecified atom stereocenters. The van der Waals surface area contributed by atoms with Crippen LogP contribution >= 0.6 is 0 Å². The van der Waals surface area contributed by atoms with Crippen LogP contribution < -0.4 is 5.73 Å². The van der Waals surface area contributed by atoms with Gasteiger partial charge < -0.3 is 5.73 Å². The summed E-state index contributed by atoms with van der Waals surface area (Å²) in [6, 6.07) is 37.2. The Hall–Kier alpha value is -4.10. The number of fused-ring (bicyclic) bond motifs is 2. The van der Waals surface area contributed by atoms with E-state index in [1.54, 1.807) is 0 Å². The van der Waals surface area contributed by atoms with Crippen LogP contribution in [0.15, 0.2) is 103 Å². The van der Waals surface area contributed by atoms with Crippen molar-refractivity contribution in [1.29, 1.82) is 0 Å². The Morgan fingerprint density at radius 3 is 1.55 bits per heavy atom. The van der Waals surface area contributed by atoms with Gasteiger partial charge >= 0.3 is 0 Å². The first-order valence-electron chi connectivity index (χ1n) is 10.7. The molecule has 7 rings (SSSR count). The van der Waals surface area contributed by atoms with Gasteiger partial charge in [0.1, 0.15) is 0 Å². The van der Waals surface area contributed by atoms with Crippen LogP contribution in [0.5, 0.6) is 0 Å². The van der Waals surface area contributed by atoms with Crippen LogP contribution in [0.3, 0.4) is 0 Å². The molecule has 31 heavy (non-hydrogen) atoms. The van der Waals surface area contributed by atoms with Crippen molar-refractivity contribution in [3.8, 4) is 11.1 Å². The molecule has 0 aliphatic rings. The topological polar surface area (TPSA) is 26.0 Å². The number of nitrogens with two attached hydrogens (primary N) is 1. The molecule has 0 aliphatic heterocycles. The molecule has 0 fully saturated rings. The van der Waals surface area contributed by atoms with E-state index in [4.69, 9.17) is 5.73 Å². The van der Waals surface area contributed by atoms with Crippen molar-refractivity contribution in [2.45, 2.75) is 0 Å². The van der Waals surface area contributed by atoms with Gasteiger partial charge in [-0.15, -0.1) is 0 Å². The van der Waals surface area contributed by atoms with Crippen molar-refractivity contribution in [1.82, 2.24) is 0 Å². The Labute approximate surface area is 179 Å². The van der Waals surface area contributed by atoms with Crippen molar-refractivity contribution in [3.63, 3.8) is 0 Å². The van der Waals surface area contributed by atoms with E-state index >= 15 is 0 Å². The molecular formula is C30H19N. The van der Waals surface area contributed by atoms with Gasteiger partial charge in [0.15, 0.2) is 0 Å². The smallest absolute Gasteiger partial charge is 0.0473 e. The molecule has 7 aromatic carbocycles. The van der Waals surface area contributed by atoms with Gasteiger partial charge in [-0.3, -0.25) is 0 Å². The molecular weight excluding hydrogens is 374 g/mol. The second kappa shape index (κ2) is 5.96. The third kappa shape index (κ3) is 2.15. The summed E-state index contributed by atoms with van der Waals surface area (Å²) in [5.41, 5.74) is 10.0. The van der Waals surface area contributed by atoms with Gasteiger partial charge in [0, 0.05) is 16.5 Å². The Balaban J connectivity index is 1.75. The lowest BCUT2D eigenvalue weighted by Crippen LogP contribution is -1.94. The van der Waals surface area contributed by atoms with E-state index < -0.39 is 0 Å². The zero-order valence-corrected chi connectivity index (χ0v) is 16.9. The molecule has 0 spiro atoms. The number of hydrogen-bond donors (Lipinski definition) is 1. The second-order valence-corrected chi connectivity index (χ2v) is 8.35. The van der Waals surface area contributed by atoms with Crippen LogP contribution in [0, 0.1) is 0 Å². The lowest BCUT2D eigenvalue weighted by atomic mass is 9.86. The van der Waals surface area contributed by atoms with Gasteiger partial charge in [-0.25, -0.2) is 0 Å². The van der Waals surface area contributed by atoms with E-state index in [1.165, 1.54) is 54.2 Å². The van der Waals surface area contributed by atoms with E-state index in [2.05, 4.69) is 103 Å². The first kappa shape index (κ1) is 16.7. The summed E-state index contributed by atoms with van der Waals surface area (Å²) in [4.78, 5) is 0. The first-order valence-corrected chi connectivity index (χ1v) is 10.7. The minimum atomic E-state index is 0.854. The largest absolute Gasteiger partial charge is 0.398 e. The van der Waals surface area contributed by atoms with E-state index in [9.17, 15) is 0 Å². The fourth-order valence-electron chi connectivity index (χ4n) is 5.41. The molecule has 0 aliphatic carbocycles. The normalized spacial score (nSPS) is 12.0. The lowest BCUT2D eigenvalue weighted by Gasteiger charge is -2.18. The summed E-state index contributed by atoms with van der Waals surface area (Å²) >= 11 is 0. The zero-order chi connectivity index (χ0) is 20.5. The fourth-order valence-corrected chi connectivity index (χ4v) is 5.41. The van der Waals surface area contributed by atoms with Crippen LogP contribution in [0.2, 0.25) is 0 Å². The third-order valence-electron chi connectivity index (χ3n) is 6.77. The standard InChI is InChI=1S/C30H19N/c31-30-25-10-3-1-8-21(25)29(22-9-2-4-11-26(22)30)24-17-15-20-13-12-18-6-5-7-19-14-16-23(24)28(20)27(18)19/h1-17H,31H2. The maximum atomic E-state index is 6.63. The first-order chi connectivity index (χ1) is 15.3. The Morgan fingerprint density at radius 2 is 0.903 bits per heavy atom. The summed E-state index contributed by atoms with van der Waals surface area (Å²) in [6.07, 6.45) is 0. The maximum absolute atomic E-state index is 6.63. The Kier molecular flexibility index (Phi) is 3.21. The summed E-state index contributed by atoms with van der Waals surface area (Å²) in [6.45, 7) is 0. The number of nitrogen functional groups attached to an aromatic ring is 1. The molecule has 0 atom stereocenters. The van der Waals surface area contributed by atoms with E-state index in [1.807, 2.05) is 0 Å². The van der Waals surface area contributed by atoms with Crippen molar-refractivity contribution >= 4 is 59.5 Å². The zero-order valence-electron chi connectivity index (χ0n) is 16.9. The predicted molar refractivity (Wildman–Crippen MR) is 135 cm³/mol. The van der Waals surface area contributed by atoms with Gasteiger partial charge in [0.25, 0.3) is 0 Å². The molecule has 1 heteroatoms. The molecule has 0 bridgehead atoms. The second-order valence-electron chi connectivity index (χ2n) is 8.35. The van der Waals surface area contributed by atoms with E-state index in [0.717, 1.165) is 16.5 Å². The molecule has 0 heterocycles. The van der Waals surface area contributed by atoms with Crippen molar-refractivity contribution in [2.75, 3.05) is 5.73 Å². The molecule has 144 valence electrons. The molecule has 2 N–H and O–H groups in total. The minimum Gasteiger partial charge on any atom is -0.398 e. The molecule has 0 saturated heterocycles. The van der Waals surface area contributed by atoms with Gasteiger partial charge in [0.05, 0.1) is 0 Å². The van der Waals surface area contributed by atoms with Crippen molar-refractivity contribution in [2.24, 2.45) is 0 Å². The summed E-state index contributed by atoms with van der Waals surface area (Å²) in [5.74, 6) is 0. The predicted octanol–water partition coefficient (Wildman–Crippen LogP) is 8.14. The number of benzene rings is 7. The highest BCUT2D eigenvalue weighted by molar-refractivity contribution is 6.29. The molecule has 0 radical (unpaired) electrons. The minimum absolute atomic E-state index is 0.854. The lowest BCUT2D eigenvalue weighted by molar-refractivity contribution is 1.71. The SMILES string of the molecule is Nc1c2ccccc2c(-c2ccc3ccc4cccc5ccc2c3c45)c2ccccc12. The van der Waals surface area contributed by atoms with Crippen molar-refractivity contribution in [3.05, 3.63) is 103 Å². The van der Waals surface area contributed by atoms with Gasteiger partial charge in [-0.1, -0.05) is 103 Å². The highest BCUT2D eigenvalue weighted by Gasteiger charge is 2.17. The fraction of sp³-hybridized carbons (Fsp3) is 0. The van der Waals surface area contributed by atoms with Gasteiger partial charge in [-0.2, -0.15) is 0 Å². The highest BCUT2D eigenvalue weighted by atomic mass is 14.6. The highest BCUT2D eigenvalue weighted by Crippen LogP contribution is 2.45. The summed E-state index contributed by atoms with van der Waals surface area (Å²) in [5, 5.41) is 12.5. The quantitative estimate of drug-likeness (QED) is 0.170. The molecule has 7 aromatic rings. The summed E-state index contributed by atoms with van der Waals surface area (Å²) < 4.78 is 0. The molecule has 0 amide bonds. The van der Waals surface area contributed by atoms with Gasteiger partial charge in [-0.05, 0) is 54.2 Å². The van der Waals surface area contributed by atoms with E-state index in [-0.39, 0.29) is 0 Å². The van der Waals surface area contributed by atoms with Crippen LogP contribution in [-0.2, 0) is 0 Å². The number of anilines is 1. The molecule has 1 nitrogen and oxygen atoms in total. The average Bonchev–Trinajstić information content (AvgIpc) is 2.83. The van der Waals surface area contributed by atoms with Crippen LogP contribution in [0.25, 0.3) is 65.0 Å². The van der Waals surface area contributed by atoms with Crippen LogP contribution in [-0.4, -0.2) is 0 Å².